The molecular formula is C24H22F3N5OS. The van der Waals surface area contributed by atoms with Crippen molar-refractivity contribution >= 4 is 22.8 Å². The van der Waals surface area contributed by atoms with Gasteiger partial charge in [-0.25, -0.2) is 9.50 Å². The van der Waals surface area contributed by atoms with Gasteiger partial charge in [-0.2, -0.15) is 18.3 Å². The first-order chi connectivity index (χ1) is 16.4. The van der Waals surface area contributed by atoms with Crippen LogP contribution in [0, 0.1) is 0 Å². The van der Waals surface area contributed by atoms with Gasteiger partial charge in [0.1, 0.15) is 0 Å². The van der Waals surface area contributed by atoms with E-state index in [1.165, 1.54) is 23.1 Å². The van der Waals surface area contributed by atoms with E-state index in [0.29, 0.717) is 18.0 Å². The molecule has 10 heteroatoms. The number of alkyl halides is 3. The number of piperazine rings is 1. The van der Waals surface area contributed by atoms with Gasteiger partial charge in [0.05, 0.1) is 28.9 Å². The van der Waals surface area contributed by atoms with Gasteiger partial charge >= 0.3 is 6.18 Å². The maximum absolute atomic E-state index is 13.7. The molecule has 0 radical (unpaired) electrons. The number of carbonyl (C=O) groups excluding carboxylic acids is 1. The number of halogens is 3. The van der Waals surface area contributed by atoms with Crippen LogP contribution in [0.15, 0.2) is 60.1 Å². The van der Waals surface area contributed by atoms with Gasteiger partial charge in [0.15, 0.2) is 17.1 Å². The van der Waals surface area contributed by atoms with E-state index in [-0.39, 0.29) is 29.2 Å². The third-order valence-corrected chi connectivity index (χ3v) is 6.81. The molecule has 0 atom stereocenters. The number of Topliss-reactive ketones (excluding diaryl/α,β-unsaturated/α-hetero) is 1. The van der Waals surface area contributed by atoms with Gasteiger partial charge in [0.25, 0.3) is 0 Å². The smallest absolute Gasteiger partial charge is 0.297 e. The number of rotatable bonds is 6. The molecule has 3 aromatic heterocycles. The molecule has 0 bridgehead atoms. The molecule has 0 amide bonds. The Labute approximate surface area is 198 Å². The van der Waals surface area contributed by atoms with Gasteiger partial charge in [-0.15, -0.1) is 11.3 Å². The highest BCUT2D eigenvalue weighted by molar-refractivity contribution is 7.13. The molecule has 1 fully saturated rings. The zero-order chi connectivity index (χ0) is 23.7. The molecule has 4 heterocycles. The first kappa shape index (κ1) is 22.7. The predicted molar refractivity (Wildman–Crippen MR) is 124 cm³/mol. The van der Waals surface area contributed by atoms with Crippen molar-refractivity contribution in [2.45, 2.75) is 12.7 Å². The summed E-state index contributed by atoms with van der Waals surface area (Å²) in [6.07, 6.45) is -3.43. The van der Waals surface area contributed by atoms with Crippen molar-refractivity contribution in [1.82, 2.24) is 24.4 Å². The number of aromatic nitrogens is 3. The minimum absolute atomic E-state index is 0.0639. The summed E-state index contributed by atoms with van der Waals surface area (Å²) < 4.78 is 41.9. The average molecular weight is 486 g/mol. The summed E-state index contributed by atoms with van der Waals surface area (Å²) in [4.78, 5) is 22.4. The van der Waals surface area contributed by atoms with E-state index in [0.717, 1.165) is 30.2 Å². The molecule has 0 unspecified atom stereocenters. The van der Waals surface area contributed by atoms with Crippen LogP contribution in [0.4, 0.5) is 13.2 Å². The Kier molecular flexibility index (Phi) is 6.20. The van der Waals surface area contributed by atoms with Crippen LogP contribution in [0.2, 0.25) is 0 Å². The van der Waals surface area contributed by atoms with Crippen molar-refractivity contribution in [2.75, 3.05) is 32.7 Å². The Morgan fingerprint density at radius 2 is 1.74 bits per heavy atom. The van der Waals surface area contributed by atoms with Crippen LogP contribution in [-0.4, -0.2) is 62.9 Å². The summed E-state index contributed by atoms with van der Waals surface area (Å²) in [5.41, 5.74) is 0.515. The third kappa shape index (κ3) is 4.75. The topological polar surface area (TPSA) is 53.7 Å². The lowest BCUT2D eigenvalue weighted by Crippen LogP contribution is -2.47. The summed E-state index contributed by atoms with van der Waals surface area (Å²) in [5, 5.41) is 5.64. The molecule has 1 aliphatic heterocycles. The van der Waals surface area contributed by atoms with E-state index in [1.54, 1.807) is 17.5 Å². The van der Waals surface area contributed by atoms with Gasteiger partial charge in [-0.3, -0.25) is 14.6 Å². The van der Waals surface area contributed by atoms with Crippen LogP contribution >= 0.6 is 11.3 Å². The molecule has 34 heavy (non-hydrogen) atoms. The molecule has 1 aliphatic rings. The minimum Gasteiger partial charge on any atom is -0.297 e. The van der Waals surface area contributed by atoms with Crippen molar-refractivity contribution in [2.24, 2.45) is 0 Å². The lowest BCUT2D eigenvalue weighted by Gasteiger charge is -2.34. The summed E-state index contributed by atoms with van der Waals surface area (Å²) in [6.45, 7) is 4.02. The Morgan fingerprint density at radius 3 is 2.41 bits per heavy atom. The average Bonchev–Trinajstić information content (AvgIpc) is 3.50. The van der Waals surface area contributed by atoms with Crippen molar-refractivity contribution < 1.29 is 18.0 Å². The summed E-state index contributed by atoms with van der Waals surface area (Å²) in [5.74, 6) is -0.282. The van der Waals surface area contributed by atoms with E-state index >= 15 is 0 Å². The van der Waals surface area contributed by atoms with E-state index in [9.17, 15) is 18.0 Å². The lowest BCUT2D eigenvalue weighted by molar-refractivity contribution is -0.142. The van der Waals surface area contributed by atoms with E-state index in [2.05, 4.69) is 27.1 Å². The van der Waals surface area contributed by atoms with Crippen LogP contribution in [0.25, 0.3) is 16.2 Å². The highest BCUT2D eigenvalue weighted by atomic mass is 32.1. The molecule has 0 saturated carbocycles. The van der Waals surface area contributed by atoms with E-state index in [1.807, 2.05) is 23.1 Å². The number of hydrogen-bond acceptors (Lipinski definition) is 6. The SMILES string of the molecule is O=C(CN1CCN(Cc2ccccc2)CC1)c1cnn2c(C(F)(F)F)cc(-c3cccs3)nc12. The fraction of sp³-hybridized carbons (Fsp3) is 0.292. The van der Waals surface area contributed by atoms with E-state index in [4.69, 9.17) is 0 Å². The van der Waals surface area contributed by atoms with Gasteiger partial charge < -0.3 is 0 Å². The highest BCUT2D eigenvalue weighted by Crippen LogP contribution is 2.34. The van der Waals surface area contributed by atoms with Crippen molar-refractivity contribution in [3.8, 4) is 10.6 Å². The van der Waals surface area contributed by atoms with Gasteiger partial charge in [-0.1, -0.05) is 36.4 Å². The molecule has 0 aliphatic carbocycles. The summed E-state index contributed by atoms with van der Waals surface area (Å²) in [7, 11) is 0. The fourth-order valence-corrected chi connectivity index (χ4v) is 4.83. The monoisotopic (exact) mass is 485 g/mol. The van der Waals surface area contributed by atoms with Crippen molar-refractivity contribution in [3.05, 3.63) is 76.9 Å². The van der Waals surface area contributed by atoms with Gasteiger partial charge in [0.2, 0.25) is 0 Å². The number of nitrogens with zero attached hydrogens (tertiary/aromatic N) is 5. The van der Waals surface area contributed by atoms with Gasteiger partial charge in [-0.05, 0) is 23.1 Å². The molecule has 0 N–H and O–H groups in total. The molecule has 1 aromatic carbocycles. The third-order valence-electron chi connectivity index (χ3n) is 5.92. The zero-order valence-electron chi connectivity index (χ0n) is 18.2. The number of benzene rings is 1. The number of fused-ring (bicyclic) bond motifs is 1. The molecule has 1 saturated heterocycles. The zero-order valence-corrected chi connectivity index (χ0v) is 19.0. The maximum Gasteiger partial charge on any atom is 0.433 e. The van der Waals surface area contributed by atoms with Crippen LogP contribution < -0.4 is 0 Å². The van der Waals surface area contributed by atoms with Crippen LogP contribution in [0.3, 0.4) is 0 Å². The molecule has 176 valence electrons. The standard InChI is InChI=1S/C24H22F3N5OS/c25-24(26,27)22-13-19(21-7-4-12-34-21)29-23-18(14-28-32(22)23)20(33)16-31-10-8-30(9-11-31)15-17-5-2-1-3-6-17/h1-7,12-14H,8-11,15-16H2. The van der Waals surface area contributed by atoms with Crippen molar-refractivity contribution in [1.29, 1.82) is 0 Å². The Hall–Kier alpha value is -3.08. The summed E-state index contributed by atoms with van der Waals surface area (Å²) >= 11 is 1.29. The first-order valence-corrected chi connectivity index (χ1v) is 11.8. The largest absolute Gasteiger partial charge is 0.433 e. The number of carbonyl (C=O) groups is 1. The molecule has 5 rings (SSSR count). The van der Waals surface area contributed by atoms with E-state index < -0.39 is 11.9 Å². The molecular weight excluding hydrogens is 463 g/mol. The Bertz CT molecular complexity index is 1280. The molecule has 6 nitrogen and oxygen atoms in total. The fourth-order valence-electron chi connectivity index (χ4n) is 4.15. The number of thiophene rings is 1. The van der Waals surface area contributed by atoms with Crippen LogP contribution in [0.5, 0.6) is 0 Å². The molecule has 0 spiro atoms. The van der Waals surface area contributed by atoms with Crippen LogP contribution in [0.1, 0.15) is 21.6 Å². The van der Waals surface area contributed by atoms with Crippen LogP contribution in [-0.2, 0) is 12.7 Å². The minimum atomic E-state index is -4.63. The normalized spacial score (nSPS) is 15.7. The molecule has 4 aromatic rings. The number of ketones is 1. The number of hydrogen-bond donors (Lipinski definition) is 0. The first-order valence-electron chi connectivity index (χ1n) is 10.9. The van der Waals surface area contributed by atoms with Gasteiger partial charge in [0, 0.05) is 32.7 Å². The second-order valence-corrected chi connectivity index (χ2v) is 9.20. The Balaban J connectivity index is 1.33. The lowest BCUT2D eigenvalue weighted by atomic mass is 10.1. The maximum atomic E-state index is 13.7. The quantitative estimate of drug-likeness (QED) is 0.377. The second-order valence-electron chi connectivity index (χ2n) is 8.26. The Morgan fingerprint density at radius 1 is 1.00 bits per heavy atom. The van der Waals surface area contributed by atoms with Crippen molar-refractivity contribution in [3.63, 3.8) is 0 Å². The highest BCUT2D eigenvalue weighted by Gasteiger charge is 2.36. The summed E-state index contributed by atoms with van der Waals surface area (Å²) in [6, 6.07) is 14.6. The second kappa shape index (κ2) is 9.28. The predicted octanol–water partition coefficient (Wildman–Crippen LogP) is 4.48.